The first-order valence-electron chi connectivity index (χ1n) is 9.40. The summed E-state index contributed by atoms with van der Waals surface area (Å²) in [5.41, 5.74) is 2.74. The average molecular weight is 374 g/mol. The van der Waals surface area contributed by atoms with E-state index in [1.165, 1.54) is 0 Å². The SMILES string of the molecule is O=NB(N=O)c1c2ccccc2c(-c2cccc3ccccc23)c2ccccc12. The molecule has 29 heavy (non-hydrogen) atoms. The Labute approximate surface area is 167 Å². The number of rotatable bonds is 4. The number of nitrogens with zero attached hydrogens (tertiary/aromatic N) is 2. The van der Waals surface area contributed by atoms with Crippen LogP contribution in [-0.2, 0) is 0 Å². The average Bonchev–Trinajstić information content (AvgIpc) is 2.79. The number of nitroso groups, excluding NO2 is 2. The second-order valence-corrected chi connectivity index (χ2v) is 6.99. The molecule has 136 valence electrons. The quantitative estimate of drug-likeness (QED) is 0.219. The van der Waals surface area contributed by atoms with E-state index in [1.807, 2.05) is 60.7 Å². The van der Waals surface area contributed by atoms with Gasteiger partial charge in [0.1, 0.15) is 0 Å². The zero-order valence-electron chi connectivity index (χ0n) is 15.4. The van der Waals surface area contributed by atoms with Crippen LogP contribution in [0.15, 0.2) is 101 Å². The minimum absolute atomic E-state index is 0.560. The molecule has 0 radical (unpaired) electrons. The Morgan fingerprint density at radius 3 is 1.59 bits per heavy atom. The van der Waals surface area contributed by atoms with Crippen LogP contribution in [-0.4, -0.2) is 6.98 Å². The van der Waals surface area contributed by atoms with E-state index in [4.69, 9.17) is 0 Å². The lowest BCUT2D eigenvalue weighted by Gasteiger charge is -2.17. The summed E-state index contributed by atoms with van der Waals surface area (Å²) in [7, 11) is 0. The Bertz CT molecular complexity index is 1340. The van der Waals surface area contributed by atoms with E-state index in [-0.39, 0.29) is 0 Å². The second kappa shape index (κ2) is 6.95. The van der Waals surface area contributed by atoms with Crippen LogP contribution in [0.25, 0.3) is 43.4 Å². The van der Waals surface area contributed by atoms with Gasteiger partial charge in [-0.25, -0.2) is 0 Å². The molecule has 5 aromatic rings. The summed E-state index contributed by atoms with van der Waals surface area (Å²) in [6.45, 7) is -1.29. The van der Waals surface area contributed by atoms with Crippen LogP contribution >= 0.6 is 0 Å². The van der Waals surface area contributed by atoms with Crippen LogP contribution < -0.4 is 5.46 Å². The molecule has 0 saturated carbocycles. The maximum absolute atomic E-state index is 11.4. The fraction of sp³-hybridized carbons (Fsp3) is 0. The molecule has 0 heterocycles. The van der Waals surface area contributed by atoms with Gasteiger partial charge in [-0.2, -0.15) is 9.81 Å². The van der Waals surface area contributed by atoms with Gasteiger partial charge >= 0.3 is 6.98 Å². The molecule has 0 atom stereocenters. The molecule has 0 fully saturated rings. The lowest BCUT2D eigenvalue weighted by Crippen LogP contribution is -2.27. The van der Waals surface area contributed by atoms with Crippen molar-refractivity contribution in [1.29, 1.82) is 0 Å². The van der Waals surface area contributed by atoms with Crippen LogP contribution in [0.3, 0.4) is 0 Å². The van der Waals surface area contributed by atoms with Crippen molar-refractivity contribution in [2.45, 2.75) is 0 Å². The largest absolute Gasteiger partial charge is 0.549 e. The van der Waals surface area contributed by atoms with Crippen molar-refractivity contribution >= 4 is 44.8 Å². The fourth-order valence-corrected chi connectivity index (χ4v) is 4.30. The van der Waals surface area contributed by atoms with Crippen molar-refractivity contribution in [2.24, 2.45) is 10.2 Å². The van der Waals surface area contributed by atoms with Gasteiger partial charge in [0.25, 0.3) is 0 Å². The van der Waals surface area contributed by atoms with Crippen molar-refractivity contribution in [1.82, 2.24) is 0 Å². The van der Waals surface area contributed by atoms with E-state index in [0.717, 1.165) is 43.4 Å². The molecule has 5 aromatic carbocycles. The molecular weight excluding hydrogens is 359 g/mol. The zero-order valence-corrected chi connectivity index (χ0v) is 15.4. The van der Waals surface area contributed by atoms with Gasteiger partial charge in [-0.05, 0) is 48.9 Å². The summed E-state index contributed by atoms with van der Waals surface area (Å²) in [6, 6.07) is 30.2. The maximum atomic E-state index is 11.4. The summed E-state index contributed by atoms with van der Waals surface area (Å²) in [4.78, 5) is 22.8. The van der Waals surface area contributed by atoms with E-state index in [9.17, 15) is 9.81 Å². The van der Waals surface area contributed by atoms with Gasteiger partial charge in [0.15, 0.2) is 0 Å². The third-order valence-corrected chi connectivity index (χ3v) is 5.49. The zero-order chi connectivity index (χ0) is 19.8. The van der Waals surface area contributed by atoms with Crippen LogP contribution in [0.5, 0.6) is 0 Å². The molecule has 0 amide bonds. The Morgan fingerprint density at radius 2 is 1.00 bits per heavy atom. The van der Waals surface area contributed by atoms with Gasteiger partial charge in [0, 0.05) is 0 Å². The van der Waals surface area contributed by atoms with Crippen LogP contribution in [0.4, 0.5) is 0 Å². The van der Waals surface area contributed by atoms with Gasteiger partial charge in [0.2, 0.25) is 0 Å². The predicted molar refractivity (Wildman–Crippen MR) is 121 cm³/mol. The predicted octanol–water partition coefficient (Wildman–Crippen LogP) is 6.04. The van der Waals surface area contributed by atoms with Crippen molar-refractivity contribution in [2.75, 3.05) is 0 Å². The van der Waals surface area contributed by atoms with Crippen LogP contribution in [0.2, 0.25) is 0 Å². The second-order valence-electron chi connectivity index (χ2n) is 6.99. The number of hydrogen-bond donors (Lipinski definition) is 0. The highest BCUT2D eigenvalue weighted by molar-refractivity contribution is 6.75. The molecule has 0 aliphatic rings. The minimum atomic E-state index is -1.29. The van der Waals surface area contributed by atoms with E-state index in [0.29, 0.717) is 5.46 Å². The van der Waals surface area contributed by atoms with Gasteiger partial charge in [-0.3, -0.25) is 0 Å². The molecule has 0 aromatic heterocycles. The van der Waals surface area contributed by atoms with Crippen molar-refractivity contribution in [3.63, 3.8) is 0 Å². The highest BCUT2D eigenvalue weighted by atomic mass is 16.3. The summed E-state index contributed by atoms with van der Waals surface area (Å²) in [5, 5.41) is 11.9. The molecule has 5 rings (SSSR count). The first-order valence-corrected chi connectivity index (χ1v) is 9.40. The normalized spacial score (nSPS) is 11.0. The van der Waals surface area contributed by atoms with E-state index in [1.54, 1.807) is 0 Å². The molecule has 4 nitrogen and oxygen atoms in total. The highest BCUT2D eigenvalue weighted by Crippen LogP contribution is 2.39. The minimum Gasteiger partial charge on any atom is -0.164 e. The van der Waals surface area contributed by atoms with Gasteiger partial charge in [-0.15, -0.1) is 0 Å². The molecule has 0 unspecified atom stereocenters. The first kappa shape index (κ1) is 17.3. The van der Waals surface area contributed by atoms with E-state index < -0.39 is 6.98 Å². The summed E-state index contributed by atoms with van der Waals surface area (Å²) in [6.07, 6.45) is 0. The van der Waals surface area contributed by atoms with Crippen molar-refractivity contribution < 1.29 is 0 Å². The molecule has 0 N–H and O–H groups in total. The first-order chi connectivity index (χ1) is 14.3. The van der Waals surface area contributed by atoms with Crippen LogP contribution in [0, 0.1) is 9.81 Å². The molecule has 0 saturated heterocycles. The van der Waals surface area contributed by atoms with Gasteiger partial charge in [0.05, 0.1) is 0 Å². The Morgan fingerprint density at radius 1 is 0.517 bits per heavy atom. The van der Waals surface area contributed by atoms with E-state index >= 15 is 0 Å². The van der Waals surface area contributed by atoms with Crippen molar-refractivity contribution in [3.05, 3.63) is 101 Å². The lowest BCUT2D eigenvalue weighted by atomic mass is 9.66. The smallest absolute Gasteiger partial charge is 0.164 e. The Balaban J connectivity index is 2.03. The van der Waals surface area contributed by atoms with Crippen LogP contribution in [0.1, 0.15) is 0 Å². The standard InChI is InChI=1S/C24H15BN2O2/c28-26-25(27-29)24-21-13-5-3-11-19(21)23(20-12-4-6-14-22(20)24)18-15-7-9-16-8-1-2-10-17(16)18/h1-15H. The molecule has 0 spiro atoms. The number of fused-ring (bicyclic) bond motifs is 3. The van der Waals surface area contributed by atoms with Gasteiger partial charge < -0.3 is 0 Å². The molecule has 0 aliphatic heterocycles. The monoisotopic (exact) mass is 374 g/mol. The third-order valence-electron chi connectivity index (χ3n) is 5.49. The molecule has 0 aliphatic carbocycles. The maximum Gasteiger partial charge on any atom is 0.549 e. The Kier molecular flexibility index (Phi) is 4.13. The summed E-state index contributed by atoms with van der Waals surface area (Å²) >= 11 is 0. The number of hydrogen-bond acceptors (Lipinski definition) is 4. The third kappa shape index (κ3) is 2.63. The number of benzene rings is 5. The highest BCUT2D eigenvalue weighted by Gasteiger charge is 2.28. The topological polar surface area (TPSA) is 58.9 Å². The van der Waals surface area contributed by atoms with Gasteiger partial charge in [-0.1, -0.05) is 101 Å². The molecule has 0 bridgehead atoms. The van der Waals surface area contributed by atoms with Crippen molar-refractivity contribution in [3.8, 4) is 11.1 Å². The lowest BCUT2D eigenvalue weighted by molar-refractivity contribution is 1.59. The summed E-state index contributed by atoms with van der Waals surface area (Å²) < 4.78 is 0. The Hall–Kier alpha value is -3.86. The fourth-order valence-electron chi connectivity index (χ4n) is 4.30. The van der Waals surface area contributed by atoms with E-state index in [2.05, 4.69) is 40.5 Å². The molecule has 5 heteroatoms. The summed E-state index contributed by atoms with van der Waals surface area (Å²) in [5.74, 6) is 0. The molecular formula is C24H15BN2O2.